The molecule has 0 aliphatic rings. The Morgan fingerprint density at radius 3 is 2.76 bits per heavy atom. The summed E-state index contributed by atoms with van der Waals surface area (Å²) in [6.45, 7) is 2.54. The molecule has 0 aliphatic carbocycles. The number of rotatable bonds is 3. The van der Waals surface area contributed by atoms with E-state index in [1.165, 1.54) is 6.07 Å². The van der Waals surface area contributed by atoms with Gasteiger partial charge in [-0.25, -0.2) is 0 Å². The molecule has 0 aliphatic heterocycles. The van der Waals surface area contributed by atoms with Crippen LogP contribution in [0.25, 0.3) is 10.9 Å². The van der Waals surface area contributed by atoms with Gasteiger partial charge in [-0.1, -0.05) is 0 Å². The third kappa shape index (κ3) is 2.33. The topological polar surface area (TPSA) is 65.9 Å². The summed E-state index contributed by atoms with van der Waals surface area (Å²) in [4.78, 5) is 10.5. The minimum atomic E-state index is -0.374. The van der Waals surface area contributed by atoms with Gasteiger partial charge in [-0.05, 0) is 35.0 Å². The molecule has 0 bridgehead atoms. The van der Waals surface area contributed by atoms with Gasteiger partial charge in [0.25, 0.3) is 5.69 Å². The molecule has 2 heterocycles. The lowest BCUT2D eigenvalue weighted by Gasteiger charge is -2.07. The van der Waals surface area contributed by atoms with Gasteiger partial charge in [0.15, 0.2) is 0 Å². The van der Waals surface area contributed by atoms with Crippen LogP contribution in [0.5, 0.6) is 0 Å². The van der Waals surface area contributed by atoms with Gasteiger partial charge in [0.1, 0.15) is 0 Å². The van der Waals surface area contributed by atoms with E-state index in [1.807, 2.05) is 35.5 Å². The van der Waals surface area contributed by atoms with Crippen LogP contribution in [0.15, 0.2) is 34.9 Å². The Labute approximate surface area is 129 Å². The fraction of sp³-hybridized carbons (Fsp3) is 0.214. The number of non-ortho nitro benzene ring substituents is 1. The summed E-state index contributed by atoms with van der Waals surface area (Å²) in [5.41, 5.74) is 2.89. The van der Waals surface area contributed by atoms with Gasteiger partial charge in [-0.15, -0.1) is 0 Å². The number of hydrogen-bond donors (Lipinski definition) is 0. The molecule has 0 N–H and O–H groups in total. The average Bonchev–Trinajstić information content (AvgIpc) is 2.95. The van der Waals surface area contributed by atoms with Crippen molar-refractivity contribution in [2.75, 3.05) is 0 Å². The molecule has 108 valence electrons. The molecule has 1 aromatic carbocycles. The number of aromatic nitrogens is 3. The van der Waals surface area contributed by atoms with E-state index in [0.717, 1.165) is 26.8 Å². The maximum absolute atomic E-state index is 10.9. The largest absolute Gasteiger partial charge is 0.341 e. The molecular weight excluding hydrogens is 336 g/mol. The fourth-order valence-corrected chi connectivity index (χ4v) is 2.90. The lowest BCUT2D eigenvalue weighted by atomic mass is 10.2. The monoisotopic (exact) mass is 348 g/mol. The Morgan fingerprint density at radius 2 is 2.14 bits per heavy atom. The predicted molar refractivity (Wildman–Crippen MR) is 83.3 cm³/mol. The van der Waals surface area contributed by atoms with E-state index < -0.39 is 0 Å². The van der Waals surface area contributed by atoms with Gasteiger partial charge in [0.2, 0.25) is 0 Å². The van der Waals surface area contributed by atoms with Crippen molar-refractivity contribution in [2.24, 2.45) is 7.05 Å². The first kappa shape index (κ1) is 13.8. The maximum atomic E-state index is 10.9. The number of benzene rings is 1. The van der Waals surface area contributed by atoms with Crippen molar-refractivity contribution < 1.29 is 4.92 Å². The summed E-state index contributed by atoms with van der Waals surface area (Å²) in [6, 6.07) is 6.85. The number of aryl methyl sites for hydroxylation is 2. The smallest absolute Gasteiger partial charge is 0.271 e. The molecular formula is C14H13BrN4O2. The molecule has 6 nitrogen and oxygen atoms in total. The molecule has 21 heavy (non-hydrogen) atoms. The zero-order chi connectivity index (χ0) is 15.1. The number of nitro benzene ring substituents is 1. The molecule has 0 saturated heterocycles. The van der Waals surface area contributed by atoms with Crippen molar-refractivity contribution >= 4 is 32.5 Å². The molecule has 3 rings (SSSR count). The van der Waals surface area contributed by atoms with Crippen molar-refractivity contribution in [1.82, 2.24) is 14.3 Å². The van der Waals surface area contributed by atoms with Crippen LogP contribution in [0.1, 0.15) is 11.4 Å². The van der Waals surface area contributed by atoms with Gasteiger partial charge < -0.3 is 4.57 Å². The van der Waals surface area contributed by atoms with Crippen LogP contribution in [0, 0.1) is 17.0 Å². The van der Waals surface area contributed by atoms with Crippen molar-refractivity contribution in [2.45, 2.75) is 13.5 Å². The summed E-state index contributed by atoms with van der Waals surface area (Å²) in [5.74, 6) is 0. The molecule has 2 aromatic heterocycles. The molecule has 0 fully saturated rings. The predicted octanol–water partition coefficient (Wildman–Crippen LogP) is 3.40. The van der Waals surface area contributed by atoms with E-state index >= 15 is 0 Å². The first-order valence-electron chi connectivity index (χ1n) is 6.38. The molecule has 0 saturated carbocycles. The summed E-state index contributed by atoms with van der Waals surface area (Å²) in [6.07, 6.45) is 1.93. The second kappa shape index (κ2) is 5.00. The number of halogens is 1. The van der Waals surface area contributed by atoms with Gasteiger partial charge in [0, 0.05) is 30.8 Å². The quantitative estimate of drug-likeness (QED) is 0.538. The second-order valence-electron chi connectivity index (χ2n) is 4.91. The number of fused-ring (bicyclic) bond motifs is 1. The molecule has 0 amide bonds. The maximum Gasteiger partial charge on any atom is 0.271 e. The minimum absolute atomic E-state index is 0.0997. The first-order chi connectivity index (χ1) is 9.97. The van der Waals surface area contributed by atoms with Crippen LogP contribution in [0.2, 0.25) is 0 Å². The highest BCUT2D eigenvalue weighted by molar-refractivity contribution is 9.10. The highest BCUT2D eigenvalue weighted by atomic mass is 79.9. The van der Waals surface area contributed by atoms with E-state index in [2.05, 4.69) is 21.0 Å². The van der Waals surface area contributed by atoms with Crippen LogP contribution < -0.4 is 0 Å². The van der Waals surface area contributed by atoms with Crippen LogP contribution >= 0.6 is 15.9 Å². The Balaban J connectivity index is 2.08. The Kier molecular flexibility index (Phi) is 3.29. The summed E-state index contributed by atoms with van der Waals surface area (Å²) >= 11 is 3.54. The fourth-order valence-electron chi connectivity index (χ4n) is 2.44. The van der Waals surface area contributed by atoms with Gasteiger partial charge in [-0.3, -0.25) is 14.8 Å². The van der Waals surface area contributed by atoms with Crippen LogP contribution in [-0.2, 0) is 13.6 Å². The average molecular weight is 349 g/mol. The molecule has 0 unspecified atom stereocenters. The summed E-state index contributed by atoms with van der Waals surface area (Å²) in [5, 5.41) is 16.3. The third-order valence-corrected chi connectivity index (χ3v) is 4.58. The van der Waals surface area contributed by atoms with E-state index in [4.69, 9.17) is 0 Å². The lowest BCUT2D eigenvalue weighted by Crippen LogP contribution is -2.05. The van der Waals surface area contributed by atoms with Crippen LogP contribution in [-0.4, -0.2) is 19.3 Å². The zero-order valence-electron chi connectivity index (χ0n) is 11.6. The first-order valence-corrected chi connectivity index (χ1v) is 7.18. The standard InChI is InChI=1S/C14H13BrN4O2/c1-9-14(15)13(17(2)16-9)8-18-6-5-10-3-4-11(19(20)21)7-12(10)18/h3-7H,8H2,1-2H3. The van der Waals surface area contributed by atoms with Crippen molar-refractivity contribution in [3.8, 4) is 0 Å². The van der Waals surface area contributed by atoms with E-state index in [0.29, 0.717) is 6.54 Å². The Hall–Kier alpha value is -2.15. The van der Waals surface area contributed by atoms with E-state index in [-0.39, 0.29) is 10.6 Å². The number of nitrogens with zero attached hydrogens (tertiary/aromatic N) is 4. The normalized spacial score (nSPS) is 11.2. The Morgan fingerprint density at radius 1 is 1.38 bits per heavy atom. The van der Waals surface area contributed by atoms with Crippen LogP contribution in [0.4, 0.5) is 5.69 Å². The van der Waals surface area contributed by atoms with Crippen LogP contribution in [0.3, 0.4) is 0 Å². The second-order valence-corrected chi connectivity index (χ2v) is 5.71. The molecule has 7 heteroatoms. The molecule has 3 aromatic rings. The highest BCUT2D eigenvalue weighted by Gasteiger charge is 2.14. The van der Waals surface area contributed by atoms with Crippen molar-refractivity contribution in [3.05, 3.63) is 56.4 Å². The summed E-state index contributed by atoms with van der Waals surface area (Å²) in [7, 11) is 1.89. The molecule has 0 radical (unpaired) electrons. The Bertz CT molecular complexity index is 850. The SMILES string of the molecule is Cc1nn(C)c(Cn2ccc3ccc([N+](=O)[O-])cc32)c1Br. The van der Waals surface area contributed by atoms with Crippen molar-refractivity contribution in [1.29, 1.82) is 0 Å². The van der Waals surface area contributed by atoms with Gasteiger partial charge in [0.05, 0.1) is 32.8 Å². The number of hydrogen-bond acceptors (Lipinski definition) is 3. The van der Waals surface area contributed by atoms with Gasteiger partial charge >= 0.3 is 0 Å². The van der Waals surface area contributed by atoms with Gasteiger partial charge in [-0.2, -0.15) is 5.10 Å². The lowest BCUT2D eigenvalue weighted by molar-refractivity contribution is -0.384. The molecule has 0 atom stereocenters. The minimum Gasteiger partial charge on any atom is -0.341 e. The zero-order valence-corrected chi connectivity index (χ0v) is 13.2. The third-order valence-electron chi connectivity index (χ3n) is 3.55. The highest BCUT2D eigenvalue weighted by Crippen LogP contribution is 2.25. The van der Waals surface area contributed by atoms with E-state index in [9.17, 15) is 10.1 Å². The molecule has 0 spiro atoms. The number of nitro groups is 1. The van der Waals surface area contributed by atoms with E-state index in [1.54, 1.807) is 12.1 Å². The summed E-state index contributed by atoms with van der Waals surface area (Å²) < 4.78 is 4.78. The van der Waals surface area contributed by atoms with Crippen molar-refractivity contribution in [3.63, 3.8) is 0 Å².